The van der Waals surface area contributed by atoms with Crippen LogP contribution in [0.3, 0.4) is 0 Å². The molecule has 1 aliphatic rings. The summed E-state index contributed by atoms with van der Waals surface area (Å²) in [5.74, 6) is 0. The van der Waals surface area contributed by atoms with Crippen LogP contribution in [0, 0.1) is 0 Å². The molecule has 0 spiro atoms. The average Bonchev–Trinajstić information content (AvgIpc) is 2.45. The molecule has 3 heteroatoms. The van der Waals surface area contributed by atoms with Gasteiger partial charge in [0.25, 0.3) is 0 Å². The molecule has 1 unspecified atom stereocenters. The van der Waals surface area contributed by atoms with E-state index in [1.165, 1.54) is 18.5 Å². The summed E-state index contributed by atoms with van der Waals surface area (Å²) in [6.07, 6.45) is 2.39. The Balaban J connectivity index is 1.78. The van der Waals surface area contributed by atoms with Crippen LogP contribution in [0.1, 0.15) is 24.4 Å². The second-order valence-electron chi connectivity index (χ2n) is 4.92. The van der Waals surface area contributed by atoms with E-state index in [9.17, 15) is 0 Å². The van der Waals surface area contributed by atoms with Gasteiger partial charge in [0.05, 0.1) is 0 Å². The number of unbranched alkanes of at least 4 members (excludes halogenated alkanes) is 1. The van der Waals surface area contributed by atoms with Crippen molar-refractivity contribution in [3.63, 3.8) is 0 Å². The molecule has 1 saturated heterocycles. The molecule has 100 valence electrons. The summed E-state index contributed by atoms with van der Waals surface area (Å²) >= 11 is 0. The van der Waals surface area contributed by atoms with E-state index in [1.807, 2.05) is 0 Å². The summed E-state index contributed by atoms with van der Waals surface area (Å²) < 4.78 is 5.09. The smallest absolute Gasteiger partial charge is 0.0462 e. The minimum Gasteiger partial charge on any atom is -0.385 e. The van der Waals surface area contributed by atoms with E-state index in [0.29, 0.717) is 6.04 Å². The Bertz CT molecular complexity index is 329. The minimum atomic E-state index is 0.488. The number of nitrogens with one attached hydrogen (secondary N) is 1. The Labute approximate surface area is 110 Å². The minimum absolute atomic E-state index is 0.488. The summed E-state index contributed by atoms with van der Waals surface area (Å²) in [6.45, 7) is 5.44. The van der Waals surface area contributed by atoms with Gasteiger partial charge < -0.3 is 15.0 Å². The van der Waals surface area contributed by atoms with Crippen LogP contribution in [0.5, 0.6) is 0 Å². The van der Waals surface area contributed by atoms with Crippen LogP contribution in [0.2, 0.25) is 0 Å². The molecule has 2 rings (SSSR count). The highest BCUT2D eigenvalue weighted by molar-refractivity contribution is 5.19. The summed E-state index contributed by atoms with van der Waals surface area (Å²) in [5, 5.41) is 3.60. The van der Waals surface area contributed by atoms with Crippen LogP contribution in [0.4, 0.5) is 0 Å². The van der Waals surface area contributed by atoms with Gasteiger partial charge in [0.15, 0.2) is 0 Å². The molecule has 0 amide bonds. The van der Waals surface area contributed by atoms with Gasteiger partial charge in [0.1, 0.15) is 0 Å². The molecular formula is C15H24N2O. The number of methoxy groups -OCH3 is 1. The third-order valence-corrected chi connectivity index (χ3v) is 3.53. The molecule has 0 aliphatic carbocycles. The maximum atomic E-state index is 5.09. The van der Waals surface area contributed by atoms with Gasteiger partial charge in [-0.2, -0.15) is 0 Å². The average molecular weight is 248 g/mol. The third-order valence-electron chi connectivity index (χ3n) is 3.53. The lowest BCUT2D eigenvalue weighted by Gasteiger charge is -2.34. The van der Waals surface area contributed by atoms with Crippen LogP contribution in [-0.4, -0.2) is 44.8 Å². The van der Waals surface area contributed by atoms with Crippen LogP contribution in [0.25, 0.3) is 0 Å². The molecule has 0 aromatic heterocycles. The second kappa shape index (κ2) is 7.52. The highest BCUT2D eigenvalue weighted by Crippen LogP contribution is 2.17. The fourth-order valence-corrected chi connectivity index (χ4v) is 2.50. The van der Waals surface area contributed by atoms with E-state index < -0.39 is 0 Å². The molecule has 1 aromatic rings. The van der Waals surface area contributed by atoms with Gasteiger partial charge in [0.2, 0.25) is 0 Å². The molecule has 18 heavy (non-hydrogen) atoms. The normalized spacial score (nSPS) is 21.1. The molecule has 1 heterocycles. The first-order valence-corrected chi connectivity index (χ1v) is 6.90. The summed E-state index contributed by atoms with van der Waals surface area (Å²) in [7, 11) is 1.77. The van der Waals surface area contributed by atoms with E-state index in [-0.39, 0.29) is 0 Å². The van der Waals surface area contributed by atoms with Gasteiger partial charge >= 0.3 is 0 Å². The quantitative estimate of drug-likeness (QED) is 0.780. The van der Waals surface area contributed by atoms with Crippen molar-refractivity contribution in [3.8, 4) is 0 Å². The van der Waals surface area contributed by atoms with Crippen molar-refractivity contribution in [2.75, 3.05) is 39.9 Å². The molecule has 1 N–H and O–H groups in total. The molecule has 1 aromatic carbocycles. The zero-order chi connectivity index (χ0) is 12.6. The first-order valence-electron chi connectivity index (χ1n) is 6.90. The van der Waals surface area contributed by atoms with Crippen molar-refractivity contribution in [2.45, 2.75) is 18.9 Å². The Hall–Kier alpha value is -0.900. The van der Waals surface area contributed by atoms with Gasteiger partial charge in [-0.25, -0.2) is 0 Å². The second-order valence-corrected chi connectivity index (χ2v) is 4.92. The number of hydrogen-bond acceptors (Lipinski definition) is 3. The lowest BCUT2D eigenvalue weighted by molar-refractivity contribution is 0.169. The van der Waals surface area contributed by atoms with Crippen LogP contribution < -0.4 is 5.32 Å². The molecule has 3 nitrogen and oxygen atoms in total. The first-order chi connectivity index (χ1) is 8.90. The Morgan fingerprint density at radius 2 is 2.11 bits per heavy atom. The molecule has 1 atom stereocenters. The Kier molecular flexibility index (Phi) is 5.65. The molecule has 0 bridgehead atoms. The third kappa shape index (κ3) is 4.09. The largest absolute Gasteiger partial charge is 0.385 e. The van der Waals surface area contributed by atoms with E-state index in [0.717, 1.165) is 32.7 Å². The van der Waals surface area contributed by atoms with Gasteiger partial charge in [-0.1, -0.05) is 30.3 Å². The molecule has 0 saturated carbocycles. The highest BCUT2D eigenvalue weighted by atomic mass is 16.5. The lowest BCUT2D eigenvalue weighted by Crippen LogP contribution is -2.46. The maximum Gasteiger partial charge on any atom is 0.0462 e. The topological polar surface area (TPSA) is 24.5 Å². The molecule has 1 fully saturated rings. The fraction of sp³-hybridized carbons (Fsp3) is 0.600. The van der Waals surface area contributed by atoms with Crippen LogP contribution in [-0.2, 0) is 4.74 Å². The van der Waals surface area contributed by atoms with Crippen molar-refractivity contribution >= 4 is 0 Å². The summed E-state index contributed by atoms with van der Waals surface area (Å²) in [4.78, 5) is 2.56. The van der Waals surface area contributed by atoms with E-state index >= 15 is 0 Å². The van der Waals surface area contributed by atoms with Gasteiger partial charge in [-0.3, -0.25) is 0 Å². The van der Waals surface area contributed by atoms with Crippen molar-refractivity contribution in [2.24, 2.45) is 0 Å². The first kappa shape index (κ1) is 13.5. The predicted molar refractivity (Wildman–Crippen MR) is 74.7 cm³/mol. The number of nitrogens with zero attached hydrogens (tertiary/aromatic N) is 1. The van der Waals surface area contributed by atoms with Gasteiger partial charge in [0, 0.05) is 39.4 Å². The van der Waals surface area contributed by atoms with Gasteiger partial charge in [-0.15, -0.1) is 0 Å². The van der Waals surface area contributed by atoms with E-state index in [4.69, 9.17) is 4.74 Å². The number of piperazine rings is 1. The molecular weight excluding hydrogens is 224 g/mol. The Morgan fingerprint density at radius 1 is 1.28 bits per heavy atom. The van der Waals surface area contributed by atoms with E-state index in [1.54, 1.807) is 7.11 Å². The highest BCUT2D eigenvalue weighted by Gasteiger charge is 2.19. The van der Waals surface area contributed by atoms with E-state index in [2.05, 4.69) is 40.5 Å². The van der Waals surface area contributed by atoms with Crippen molar-refractivity contribution in [3.05, 3.63) is 35.9 Å². The molecule has 0 radical (unpaired) electrons. The monoisotopic (exact) mass is 248 g/mol. The standard InChI is InChI=1S/C15H24N2O/c1-18-12-6-5-10-17-11-9-16-15(13-17)14-7-3-2-4-8-14/h2-4,7-8,15-16H,5-6,9-13H2,1H3. The lowest BCUT2D eigenvalue weighted by atomic mass is 10.0. The maximum absolute atomic E-state index is 5.09. The number of hydrogen-bond donors (Lipinski definition) is 1. The zero-order valence-corrected chi connectivity index (χ0v) is 11.3. The van der Waals surface area contributed by atoms with Crippen molar-refractivity contribution in [1.29, 1.82) is 0 Å². The SMILES string of the molecule is COCCCCN1CCNC(c2ccccc2)C1. The van der Waals surface area contributed by atoms with Crippen LogP contribution in [0.15, 0.2) is 30.3 Å². The number of benzene rings is 1. The van der Waals surface area contributed by atoms with Crippen molar-refractivity contribution in [1.82, 2.24) is 10.2 Å². The number of rotatable bonds is 6. The number of ether oxygens (including phenoxy) is 1. The predicted octanol–water partition coefficient (Wildman–Crippen LogP) is 2.06. The summed E-state index contributed by atoms with van der Waals surface area (Å²) in [6, 6.07) is 11.2. The zero-order valence-electron chi connectivity index (χ0n) is 11.3. The Morgan fingerprint density at radius 3 is 2.89 bits per heavy atom. The molecule has 1 aliphatic heterocycles. The summed E-state index contributed by atoms with van der Waals surface area (Å²) in [5.41, 5.74) is 1.40. The fourth-order valence-electron chi connectivity index (χ4n) is 2.50. The van der Waals surface area contributed by atoms with Gasteiger partial charge in [-0.05, 0) is 24.9 Å². The van der Waals surface area contributed by atoms with Crippen molar-refractivity contribution < 1.29 is 4.74 Å². The van der Waals surface area contributed by atoms with Crippen LogP contribution >= 0.6 is 0 Å².